The molecule has 4 rings (SSSR count). The highest BCUT2D eigenvalue weighted by molar-refractivity contribution is 6.34. The van der Waals surface area contributed by atoms with Crippen LogP contribution in [0.2, 0.25) is 5.02 Å². The van der Waals surface area contributed by atoms with Gasteiger partial charge in [-0.1, -0.05) is 60.1 Å². The average Bonchev–Trinajstić information content (AvgIpc) is 2.88. The van der Waals surface area contributed by atoms with Gasteiger partial charge in [0.25, 0.3) is 0 Å². The molecule has 0 amide bonds. The van der Waals surface area contributed by atoms with Gasteiger partial charge in [0.15, 0.2) is 0 Å². The fourth-order valence-electron chi connectivity index (χ4n) is 2.62. The molecule has 0 aliphatic rings. The van der Waals surface area contributed by atoms with Crippen LogP contribution in [0.15, 0.2) is 71.1 Å². The SMILES string of the molecule is [2H]c1ccc(Cl)c(-c2cccc3oc4ccccc4c23)c1. The lowest BCUT2D eigenvalue weighted by Crippen LogP contribution is -1.80. The van der Waals surface area contributed by atoms with E-state index in [1.807, 2.05) is 42.5 Å². The summed E-state index contributed by atoms with van der Waals surface area (Å²) in [5.74, 6) is 0. The standard InChI is InChI=1S/C18H11ClO/c19-15-9-3-1-6-12(15)13-8-5-11-17-18(13)14-7-2-4-10-16(14)20-17/h1-11H/i1D. The number of para-hydroxylation sites is 1. The van der Waals surface area contributed by atoms with Crippen LogP contribution in [0.5, 0.6) is 0 Å². The van der Waals surface area contributed by atoms with Gasteiger partial charge in [0.2, 0.25) is 0 Å². The number of fused-ring (bicyclic) bond motifs is 3. The molecule has 0 atom stereocenters. The number of hydrogen-bond donors (Lipinski definition) is 0. The van der Waals surface area contributed by atoms with Crippen LogP contribution in [-0.4, -0.2) is 0 Å². The molecule has 0 fully saturated rings. The quantitative estimate of drug-likeness (QED) is 0.422. The first-order valence-corrected chi connectivity index (χ1v) is 6.78. The van der Waals surface area contributed by atoms with E-state index in [2.05, 4.69) is 0 Å². The molecular weight excluding hydrogens is 268 g/mol. The summed E-state index contributed by atoms with van der Waals surface area (Å²) < 4.78 is 13.7. The summed E-state index contributed by atoms with van der Waals surface area (Å²) in [7, 11) is 0. The van der Waals surface area contributed by atoms with E-state index in [9.17, 15) is 0 Å². The Bertz CT molecular complexity index is 971. The molecule has 1 aromatic heterocycles. The molecule has 4 aromatic rings. The second-order valence-corrected chi connectivity index (χ2v) is 5.09. The zero-order valence-corrected chi connectivity index (χ0v) is 11.3. The van der Waals surface area contributed by atoms with Gasteiger partial charge in [0.1, 0.15) is 11.2 Å². The topological polar surface area (TPSA) is 13.1 Å². The predicted octanol–water partition coefficient (Wildman–Crippen LogP) is 5.91. The molecule has 2 heteroatoms. The first-order chi connectivity index (χ1) is 10.2. The zero-order valence-electron chi connectivity index (χ0n) is 11.6. The highest BCUT2D eigenvalue weighted by Gasteiger charge is 2.13. The Morgan fingerprint density at radius 1 is 0.800 bits per heavy atom. The summed E-state index contributed by atoms with van der Waals surface area (Å²) in [6.07, 6.45) is 0. The van der Waals surface area contributed by atoms with Crippen molar-refractivity contribution in [2.75, 3.05) is 0 Å². The largest absolute Gasteiger partial charge is 0.456 e. The van der Waals surface area contributed by atoms with Crippen molar-refractivity contribution in [1.82, 2.24) is 0 Å². The summed E-state index contributed by atoms with van der Waals surface area (Å²) in [6.45, 7) is 0. The van der Waals surface area contributed by atoms with Crippen LogP contribution in [0.4, 0.5) is 0 Å². The van der Waals surface area contributed by atoms with E-state index >= 15 is 0 Å². The Labute approximate surface area is 122 Å². The first kappa shape index (κ1) is 10.5. The Hall–Kier alpha value is -2.25. The highest BCUT2D eigenvalue weighted by Crippen LogP contribution is 2.38. The molecule has 20 heavy (non-hydrogen) atoms. The zero-order chi connectivity index (χ0) is 14.4. The molecule has 0 aliphatic carbocycles. The van der Waals surface area contributed by atoms with E-state index in [0.717, 1.165) is 33.1 Å². The van der Waals surface area contributed by atoms with E-state index in [1.54, 1.807) is 18.2 Å². The second-order valence-electron chi connectivity index (χ2n) is 4.68. The number of benzene rings is 3. The maximum atomic E-state index is 7.83. The molecule has 0 aliphatic heterocycles. The Balaban J connectivity index is 2.16. The number of furan rings is 1. The van der Waals surface area contributed by atoms with Crippen molar-refractivity contribution in [3.8, 4) is 11.1 Å². The minimum atomic E-state index is 0.444. The van der Waals surface area contributed by atoms with Gasteiger partial charge in [0.05, 0.1) is 1.37 Å². The van der Waals surface area contributed by atoms with Crippen LogP contribution in [0.3, 0.4) is 0 Å². The summed E-state index contributed by atoms with van der Waals surface area (Å²) in [6, 6.07) is 19.6. The second kappa shape index (κ2) is 4.39. The Kier molecular flexibility index (Phi) is 2.31. The van der Waals surface area contributed by atoms with E-state index in [4.69, 9.17) is 17.4 Å². The van der Waals surface area contributed by atoms with Crippen molar-refractivity contribution >= 4 is 33.5 Å². The lowest BCUT2D eigenvalue weighted by atomic mass is 9.99. The van der Waals surface area contributed by atoms with E-state index < -0.39 is 0 Å². The monoisotopic (exact) mass is 279 g/mol. The number of hydrogen-bond acceptors (Lipinski definition) is 1. The van der Waals surface area contributed by atoms with Gasteiger partial charge in [0, 0.05) is 21.4 Å². The van der Waals surface area contributed by atoms with Gasteiger partial charge in [-0.25, -0.2) is 0 Å². The number of rotatable bonds is 1. The van der Waals surface area contributed by atoms with Crippen molar-refractivity contribution in [1.29, 1.82) is 0 Å². The van der Waals surface area contributed by atoms with Crippen LogP contribution in [0.1, 0.15) is 1.37 Å². The van der Waals surface area contributed by atoms with Crippen LogP contribution >= 0.6 is 11.6 Å². The van der Waals surface area contributed by atoms with Gasteiger partial charge in [-0.3, -0.25) is 0 Å². The molecule has 0 saturated heterocycles. The van der Waals surface area contributed by atoms with Crippen LogP contribution in [0, 0.1) is 0 Å². The molecule has 0 bridgehead atoms. The summed E-state index contributed by atoms with van der Waals surface area (Å²) in [5.41, 5.74) is 3.55. The molecule has 3 aromatic carbocycles. The fourth-order valence-corrected chi connectivity index (χ4v) is 2.84. The number of halogens is 1. The van der Waals surface area contributed by atoms with Crippen molar-refractivity contribution < 1.29 is 5.79 Å². The Morgan fingerprint density at radius 2 is 1.65 bits per heavy atom. The van der Waals surface area contributed by atoms with Crippen molar-refractivity contribution in [2.45, 2.75) is 0 Å². The molecule has 0 N–H and O–H groups in total. The maximum Gasteiger partial charge on any atom is 0.136 e. The first-order valence-electron chi connectivity index (χ1n) is 6.91. The molecule has 1 heterocycles. The molecular formula is C18H11ClO. The van der Waals surface area contributed by atoms with Crippen molar-refractivity contribution in [2.24, 2.45) is 0 Å². The molecule has 96 valence electrons. The maximum absolute atomic E-state index is 7.83. The highest BCUT2D eigenvalue weighted by atomic mass is 35.5. The Morgan fingerprint density at radius 3 is 2.60 bits per heavy atom. The van der Waals surface area contributed by atoms with Crippen LogP contribution in [-0.2, 0) is 0 Å². The third kappa shape index (κ3) is 1.64. The third-order valence-electron chi connectivity index (χ3n) is 3.50. The van der Waals surface area contributed by atoms with E-state index in [0.29, 0.717) is 11.1 Å². The molecule has 0 saturated carbocycles. The molecule has 1 nitrogen and oxygen atoms in total. The lowest BCUT2D eigenvalue weighted by Gasteiger charge is -2.05. The van der Waals surface area contributed by atoms with E-state index in [1.165, 1.54) is 0 Å². The smallest absolute Gasteiger partial charge is 0.136 e. The third-order valence-corrected chi connectivity index (χ3v) is 3.83. The predicted molar refractivity (Wildman–Crippen MR) is 84.2 cm³/mol. The van der Waals surface area contributed by atoms with Gasteiger partial charge < -0.3 is 4.42 Å². The summed E-state index contributed by atoms with van der Waals surface area (Å²) in [4.78, 5) is 0. The minimum Gasteiger partial charge on any atom is -0.456 e. The van der Waals surface area contributed by atoms with E-state index in [-0.39, 0.29) is 0 Å². The van der Waals surface area contributed by atoms with Gasteiger partial charge in [-0.15, -0.1) is 0 Å². The van der Waals surface area contributed by atoms with Gasteiger partial charge in [-0.05, 0) is 23.8 Å². The average molecular weight is 280 g/mol. The van der Waals surface area contributed by atoms with Gasteiger partial charge >= 0.3 is 0 Å². The molecule has 0 radical (unpaired) electrons. The van der Waals surface area contributed by atoms with Crippen molar-refractivity contribution in [3.63, 3.8) is 0 Å². The molecule has 0 spiro atoms. The fraction of sp³-hybridized carbons (Fsp3) is 0. The summed E-state index contributed by atoms with van der Waals surface area (Å²) >= 11 is 6.34. The lowest BCUT2D eigenvalue weighted by molar-refractivity contribution is 0.669. The summed E-state index contributed by atoms with van der Waals surface area (Å²) in [5, 5.41) is 2.75. The van der Waals surface area contributed by atoms with Crippen LogP contribution < -0.4 is 0 Å². The molecule has 0 unspecified atom stereocenters. The van der Waals surface area contributed by atoms with Gasteiger partial charge in [-0.2, -0.15) is 0 Å². The van der Waals surface area contributed by atoms with Crippen LogP contribution in [0.25, 0.3) is 33.1 Å². The minimum absolute atomic E-state index is 0.444. The normalized spacial score (nSPS) is 11.9. The van der Waals surface area contributed by atoms with Crippen molar-refractivity contribution in [3.05, 3.63) is 71.7 Å².